The Balaban J connectivity index is 1.60. The smallest absolute Gasteiger partial charge is 0.119 e. The zero-order chi connectivity index (χ0) is 18.5. The van der Waals surface area contributed by atoms with E-state index in [4.69, 9.17) is 9.84 Å². The first-order valence-corrected chi connectivity index (χ1v) is 9.89. The van der Waals surface area contributed by atoms with E-state index in [9.17, 15) is 0 Å². The van der Waals surface area contributed by atoms with Crippen molar-refractivity contribution in [2.24, 2.45) is 0 Å². The average Bonchev–Trinajstić information content (AvgIpc) is 2.70. The van der Waals surface area contributed by atoms with Gasteiger partial charge in [-0.2, -0.15) is 0 Å². The fraction of sp³-hybridized carbons (Fsp3) is 0.417. The number of hydrogen-bond donors (Lipinski definition) is 1. The third kappa shape index (κ3) is 7.45. The molecule has 0 aliphatic heterocycles. The van der Waals surface area contributed by atoms with Crippen LogP contribution in [0.5, 0.6) is 5.75 Å². The minimum Gasteiger partial charge on any atom is -0.494 e. The molecular weight excluding hydrogens is 320 g/mol. The lowest BCUT2D eigenvalue weighted by Crippen LogP contribution is -1.97. The third-order valence-electron chi connectivity index (χ3n) is 4.65. The molecule has 0 fully saturated rings. The van der Waals surface area contributed by atoms with Gasteiger partial charge >= 0.3 is 0 Å². The van der Waals surface area contributed by atoms with Gasteiger partial charge in [0.2, 0.25) is 0 Å². The molecule has 0 spiro atoms. The Morgan fingerprint density at radius 2 is 1.23 bits per heavy atom. The summed E-state index contributed by atoms with van der Waals surface area (Å²) in [6.45, 7) is 5.31. The molecule has 2 rings (SSSR count). The second-order valence-corrected chi connectivity index (χ2v) is 6.77. The molecule has 0 amide bonds. The molecular formula is C24H32O2. The topological polar surface area (TPSA) is 29.5 Å². The van der Waals surface area contributed by atoms with Crippen molar-refractivity contribution < 1.29 is 9.84 Å². The van der Waals surface area contributed by atoms with Crippen molar-refractivity contribution >= 4 is 5.57 Å². The Kier molecular flexibility index (Phi) is 9.60. The first kappa shape index (κ1) is 20.3. The Labute approximate surface area is 158 Å². The summed E-state index contributed by atoms with van der Waals surface area (Å²) >= 11 is 0. The van der Waals surface area contributed by atoms with Crippen molar-refractivity contribution in [3.05, 3.63) is 72.3 Å². The van der Waals surface area contributed by atoms with E-state index in [0.29, 0.717) is 6.61 Å². The first-order chi connectivity index (χ1) is 12.8. The van der Waals surface area contributed by atoms with E-state index in [1.807, 2.05) is 30.3 Å². The van der Waals surface area contributed by atoms with Gasteiger partial charge in [-0.05, 0) is 41.7 Å². The lowest BCUT2D eigenvalue weighted by molar-refractivity contribution is 0.282. The Morgan fingerprint density at radius 3 is 1.85 bits per heavy atom. The van der Waals surface area contributed by atoms with E-state index in [1.165, 1.54) is 32.1 Å². The highest BCUT2D eigenvalue weighted by molar-refractivity contribution is 5.78. The summed E-state index contributed by atoms with van der Waals surface area (Å²) in [5.74, 6) is 0.929. The van der Waals surface area contributed by atoms with Gasteiger partial charge in [-0.1, -0.05) is 87.6 Å². The maximum Gasteiger partial charge on any atom is 0.119 e. The van der Waals surface area contributed by atoms with Crippen LogP contribution in [0.4, 0.5) is 0 Å². The largest absolute Gasteiger partial charge is 0.494 e. The Hall–Kier alpha value is -2.06. The molecule has 0 heterocycles. The molecule has 2 aromatic carbocycles. The molecule has 2 aromatic rings. The molecule has 0 saturated heterocycles. The monoisotopic (exact) mass is 352 g/mol. The molecule has 0 aromatic heterocycles. The van der Waals surface area contributed by atoms with E-state index in [-0.39, 0.29) is 0 Å². The van der Waals surface area contributed by atoms with Crippen LogP contribution in [-0.4, -0.2) is 18.3 Å². The first-order valence-electron chi connectivity index (χ1n) is 9.89. The predicted molar refractivity (Wildman–Crippen MR) is 111 cm³/mol. The molecule has 26 heavy (non-hydrogen) atoms. The van der Waals surface area contributed by atoms with Crippen molar-refractivity contribution in [1.29, 1.82) is 0 Å². The van der Waals surface area contributed by atoms with Gasteiger partial charge in [0.15, 0.2) is 0 Å². The van der Waals surface area contributed by atoms with Crippen LogP contribution < -0.4 is 4.74 Å². The highest BCUT2D eigenvalue weighted by Crippen LogP contribution is 2.23. The lowest BCUT2D eigenvalue weighted by atomic mass is 10.00. The average molecular weight is 353 g/mol. The van der Waals surface area contributed by atoms with Crippen molar-refractivity contribution in [3.63, 3.8) is 0 Å². The second-order valence-electron chi connectivity index (χ2n) is 6.77. The van der Waals surface area contributed by atoms with Crippen LogP contribution in [0.25, 0.3) is 5.57 Å². The molecule has 140 valence electrons. The number of unbranched alkanes of at least 4 members (excludes halogenated alkanes) is 7. The summed E-state index contributed by atoms with van der Waals surface area (Å²) in [5, 5.41) is 8.74. The van der Waals surface area contributed by atoms with E-state index in [2.05, 4.69) is 30.8 Å². The van der Waals surface area contributed by atoms with E-state index >= 15 is 0 Å². The van der Waals surface area contributed by atoms with Crippen molar-refractivity contribution in [2.75, 3.05) is 13.2 Å². The zero-order valence-electron chi connectivity index (χ0n) is 15.8. The minimum atomic E-state index is 0.332. The van der Waals surface area contributed by atoms with Gasteiger partial charge in [0, 0.05) is 6.61 Å². The van der Waals surface area contributed by atoms with Crippen molar-refractivity contribution in [2.45, 2.75) is 51.4 Å². The fourth-order valence-electron chi connectivity index (χ4n) is 3.02. The number of aliphatic hydroxyl groups is 1. The number of aliphatic hydroxyl groups excluding tert-OH is 1. The van der Waals surface area contributed by atoms with Crippen LogP contribution in [0.1, 0.15) is 62.5 Å². The van der Waals surface area contributed by atoms with Gasteiger partial charge in [0.05, 0.1) is 6.61 Å². The highest BCUT2D eigenvalue weighted by atomic mass is 16.5. The van der Waals surface area contributed by atoms with Crippen LogP contribution in [-0.2, 0) is 0 Å². The van der Waals surface area contributed by atoms with Crippen LogP contribution in [0.2, 0.25) is 0 Å². The molecule has 2 nitrogen and oxygen atoms in total. The summed E-state index contributed by atoms with van der Waals surface area (Å²) in [5.41, 5.74) is 3.32. The van der Waals surface area contributed by atoms with E-state index in [1.54, 1.807) is 0 Å². The Bertz CT molecular complexity index is 616. The number of hydrogen-bond acceptors (Lipinski definition) is 2. The zero-order valence-corrected chi connectivity index (χ0v) is 15.8. The molecule has 0 aliphatic rings. The molecule has 2 heteroatoms. The third-order valence-corrected chi connectivity index (χ3v) is 4.65. The van der Waals surface area contributed by atoms with Gasteiger partial charge in [0.1, 0.15) is 5.75 Å². The Morgan fingerprint density at radius 1 is 0.692 bits per heavy atom. The lowest BCUT2D eigenvalue weighted by Gasteiger charge is -2.09. The van der Waals surface area contributed by atoms with Gasteiger partial charge in [-0.15, -0.1) is 0 Å². The van der Waals surface area contributed by atoms with Crippen LogP contribution in [0.3, 0.4) is 0 Å². The van der Waals surface area contributed by atoms with E-state index < -0.39 is 0 Å². The summed E-state index contributed by atoms with van der Waals surface area (Å²) in [6, 6.07) is 18.5. The number of benzene rings is 2. The second kappa shape index (κ2) is 12.3. The molecule has 0 atom stereocenters. The highest BCUT2D eigenvalue weighted by Gasteiger charge is 2.02. The standard InChI is InChI=1S/C24H32O2/c1-21(22-13-9-8-10-14-22)23-15-17-24(18-16-23)26-20-12-7-5-3-2-4-6-11-19-25/h8-10,13-18,25H,1-7,11-12,19-20H2. The van der Waals surface area contributed by atoms with Gasteiger partial charge < -0.3 is 9.84 Å². The fourth-order valence-corrected chi connectivity index (χ4v) is 3.02. The quantitative estimate of drug-likeness (QED) is 0.432. The van der Waals surface area contributed by atoms with E-state index in [0.717, 1.165) is 48.3 Å². The SMILES string of the molecule is C=C(c1ccccc1)c1ccc(OCCCCCCCCCCO)cc1. The summed E-state index contributed by atoms with van der Waals surface area (Å²) < 4.78 is 5.85. The predicted octanol–water partition coefficient (Wildman–Crippen LogP) is 6.24. The van der Waals surface area contributed by atoms with Crippen LogP contribution in [0, 0.1) is 0 Å². The molecule has 1 N–H and O–H groups in total. The number of rotatable bonds is 13. The molecule has 0 saturated carbocycles. The van der Waals surface area contributed by atoms with Crippen molar-refractivity contribution in [1.82, 2.24) is 0 Å². The van der Waals surface area contributed by atoms with Crippen LogP contribution in [0.15, 0.2) is 61.2 Å². The maximum atomic E-state index is 8.74. The maximum absolute atomic E-state index is 8.74. The normalized spacial score (nSPS) is 10.7. The molecule has 0 unspecified atom stereocenters. The van der Waals surface area contributed by atoms with Crippen LogP contribution >= 0.6 is 0 Å². The molecule has 0 radical (unpaired) electrons. The summed E-state index contributed by atoms with van der Waals surface area (Å²) in [7, 11) is 0. The van der Waals surface area contributed by atoms with Gasteiger partial charge in [-0.25, -0.2) is 0 Å². The van der Waals surface area contributed by atoms with Gasteiger partial charge in [0.25, 0.3) is 0 Å². The number of ether oxygens (including phenoxy) is 1. The van der Waals surface area contributed by atoms with Gasteiger partial charge in [-0.3, -0.25) is 0 Å². The molecule has 0 aliphatic carbocycles. The molecule has 0 bridgehead atoms. The minimum absolute atomic E-state index is 0.332. The summed E-state index contributed by atoms with van der Waals surface area (Å²) in [4.78, 5) is 0. The van der Waals surface area contributed by atoms with Crippen molar-refractivity contribution in [3.8, 4) is 5.75 Å². The summed E-state index contributed by atoms with van der Waals surface area (Å²) in [6.07, 6.45) is 9.54.